The van der Waals surface area contributed by atoms with E-state index in [1.807, 2.05) is 219 Å². The number of hydrogen-bond acceptors (Lipinski definition) is 7. The lowest BCUT2D eigenvalue weighted by Crippen LogP contribution is -2.58. The topological polar surface area (TPSA) is 203 Å². The molecule has 0 radical (unpaired) electrons. The number of imidazole rings is 3. The molecule has 0 fully saturated rings. The average Bonchev–Trinajstić information content (AvgIpc) is 4.54. The fourth-order valence-electron chi connectivity index (χ4n) is 7.09. The molecule has 85 heavy (non-hydrogen) atoms. The third-order valence-corrected chi connectivity index (χ3v) is 11.6. The number of hydrogen-bond donors (Lipinski definition) is 8. The maximum atomic E-state index is 6.96. The molecule has 2 aliphatic rings. The van der Waals surface area contributed by atoms with E-state index in [9.17, 15) is 0 Å². The van der Waals surface area contributed by atoms with Gasteiger partial charge in [0.15, 0.2) is 0 Å². The van der Waals surface area contributed by atoms with Crippen LogP contribution in [0.3, 0.4) is 0 Å². The van der Waals surface area contributed by atoms with Crippen molar-refractivity contribution < 1.29 is 15.0 Å². The second-order valence-corrected chi connectivity index (χ2v) is 18.1. The molecule has 0 bridgehead atoms. The number of fused-ring (bicyclic) bond motifs is 3. The van der Waals surface area contributed by atoms with Crippen molar-refractivity contribution in [3.8, 4) is 0 Å². The highest BCUT2D eigenvalue weighted by molar-refractivity contribution is 7.88. The summed E-state index contributed by atoms with van der Waals surface area (Å²) in [6, 6.07) is 58.2. The van der Waals surface area contributed by atoms with Gasteiger partial charge in [-0.1, -0.05) is 201 Å². The minimum absolute atomic E-state index is 0. The van der Waals surface area contributed by atoms with Crippen LogP contribution in [0.5, 0.6) is 0 Å². The van der Waals surface area contributed by atoms with Crippen LogP contribution >= 0.6 is 21.4 Å². The highest BCUT2D eigenvalue weighted by atomic mass is 32.4. The number of aryl methyl sites for hydroxylation is 7. The third kappa shape index (κ3) is 30.5. The summed E-state index contributed by atoms with van der Waals surface area (Å²) in [4.78, 5) is 35.8. The molecule has 0 saturated heterocycles. The molecule has 0 atom stereocenters. The van der Waals surface area contributed by atoms with Gasteiger partial charge in [0, 0.05) is 93.6 Å². The lowest BCUT2D eigenvalue weighted by molar-refractivity contribution is -0.376. The van der Waals surface area contributed by atoms with Gasteiger partial charge in [-0.25, -0.2) is 15.0 Å². The highest BCUT2D eigenvalue weighted by Gasteiger charge is 2.03. The molecule has 0 saturated carbocycles. The van der Waals surface area contributed by atoms with Crippen molar-refractivity contribution in [3.05, 3.63) is 281 Å². The summed E-state index contributed by atoms with van der Waals surface area (Å²) in [6.45, 7) is 24.4. The number of H-pyrrole nitrogens is 5. The van der Waals surface area contributed by atoms with E-state index in [1.165, 1.54) is 51.1 Å². The maximum Gasteiger partial charge on any atom is 0.239 e. The Morgan fingerprint density at radius 1 is 0.553 bits per heavy atom. The van der Waals surface area contributed by atoms with Crippen LogP contribution in [0.25, 0.3) is 10.9 Å². The number of nitrogens with one attached hydrogen (secondary N) is 9. The van der Waals surface area contributed by atoms with Crippen molar-refractivity contribution in [2.75, 3.05) is 0 Å². The quantitative estimate of drug-likeness (QED) is 0.0493. The van der Waals surface area contributed by atoms with Crippen LogP contribution < -0.4 is 15.0 Å². The molecule has 0 amide bonds. The molecule has 4 aromatic heterocycles. The van der Waals surface area contributed by atoms with Crippen LogP contribution in [-0.2, 0) is 24.6 Å². The van der Waals surface area contributed by atoms with Crippen LogP contribution in [0.2, 0.25) is 0 Å². The molecule has 11 aromatic rings. The number of para-hydroxylation sites is 5. The summed E-state index contributed by atoms with van der Waals surface area (Å²) < 4.78 is 5.44. The van der Waals surface area contributed by atoms with Gasteiger partial charge in [-0.05, 0) is 93.2 Å². The predicted molar refractivity (Wildman–Crippen MR) is 370 cm³/mol. The number of aromatic amines is 5. The van der Waals surface area contributed by atoms with Crippen molar-refractivity contribution >= 4 is 105 Å². The summed E-state index contributed by atoms with van der Waals surface area (Å²) >= 11 is 6.67. The number of aromatic nitrogens is 7. The van der Waals surface area contributed by atoms with Gasteiger partial charge in [0.1, 0.15) is 11.9 Å². The third-order valence-electron chi connectivity index (χ3n) is 11.6. The molecule has 0 aliphatic carbocycles. The number of rotatable bonds is 4. The summed E-state index contributed by atoms with van der Waals surface area (Å²) in [7, 11) is 2.56. The Kier molecular flexibility index (Phi) is 38.1. The number of nitrogens with zero attached hydrogens (tertiary/aromatic N) is 4. The van der Waals surface area contributed by atoms with Crippen LogP contribution in [0.15, 0.2) is 230 Å². The van der Waals surface area contributed by atoms with Gasteiger partial charge >= 0.3 is 0 Å². The highest BCUT2D eigenvalue weighted by Crippen LogP contribution is 2.23. The van der Waals surface area contributed by atoms with E-state index in [0.717, 1.165) is 69.4 Å². The Morgan fingerprint density at radius 2 is 1.04 bits per heavy atom. The second-order valence-electron chi connectivity index (χ2n) is 18.1. The molecule has 7 aromatic carbocycles. The zero-order chi connectivity index (χ0) is 62.3. The molecular weight excluding hydrogens is 1110 g/mol. The minimum atomic E-state index is 0. The predicted octanol–water partition coefficient (Wildman–Crippen LogP) is 13.5. The first-order valence-electron chi connectivity index (χ1n) is 26.9. The van der Waals surface area contributed by atoms with E-state index in [-0.39, 0.29) is 7.43 Å². The van der Waals surface area contributed by atoms with E-state index in [1.54, 1.807) is 31.4 Å². The van der Waals surface area contributed by atoms with E-state index < -0.39 is 0 Å². The zero-order valence-electron chi connectivity index (χ0n) is 49.8. The number of aliphatic imine (C=N–C) groups is 2. The molecule has 2 aliphatic heterocycles. The zero-order valence-corrected chi connectivity index (χ0v) is 51.5. The largest absolute Gasteiger partial charge is 0.380 e. The molecule has 9 N–H and O–H groups in total. The summed E-state index contributed by atoms with van der Waals surface area (Å²) in [6.07, 6.45) is 21.2. The normalized spacial score (nSPS) is 9.81. The maximum absolute atomic E-state index is 6.96. The van der Waals surface area contributed by atoms with Crippen LogP contribution in [-0.4, -0.2) is 69.3 Å². The van der Waals surface area contributed by atoms with Gasteiger partial charge in [0.2, 0.25) is 6.33 Å². The Morgan fingerprint density at radius 3 is 1.38 bits per heavy atom. The second kappa shape index (κ2) is 45.2. The van der Waals surface area contributed by atoms with Gasteiger partial charge in [0.25, 0.3) is 0 Å². The van der Waals surface area contributed by atoms with Crippen molar-refractivity contribution in [1.29, 1.82) is 11.9 Å². The molecule has 6 heterocycles. The van der Waals surface area contributed by atoms with Gasteiger partial charge in [-0.15, -0.1) is 0 Å². The van der Waals surface area contributed by atoms with E-state index in [4.69, 9.17) is 25.4 Å². The SMILES string of the molecule is C.C1=Nc2ccccc2C1.C1=Nc2ccccc2C1.Cc1c[nH+]c[nH]1.Cc1cccc(C=N)c1.Cc1ccccc1C=N.Cc1cnc[nH]1.Cc1cnc[nH]1.P=S.[2H]S.[CH-]=[NH+]c1ccccc1C.[CH-]=[NH+]c1ccccc1C.c1ccc2[nH]ccc2c1. The van der Waals surface area contributed by atoms with Crippen molar-refractivity contribution in [2.45, 2.75) is 68.7 Å². The van der Waals surface area contributed by atoms with Crippen LogP contribution in [0, 0.1) is 59.3 Å². The molecule has 13 nitrogen and oxygen atoms in total. The molecule has 13 rings (SSSR count). The Bertz CT molecular complexity index is 3300. The summed E-state index contributed by atoms with van der Waals surface area (Å²) in [5, 5.41) is 15.2. The van der Waals surface area contributed by atoms with Crippen molar-refractivity contribution in [2.24, 2.45) is 9.98 Å². The van der Waals surface area contributed by atoms with E-state index in [2.05, 4.69) is 118 Å². The molecule has 0 spiro atoms. The standard InChI is InChI=1S/3C8H7N.4C8H9N.3C4H6N2.CH4.HPS.H2S/c3*1-2-4-8-7(3-1)5-6-9-8;2*1-7-5-3-4-6-8(7)9-2;1-7-3-2-4-8(5-7)6-9;1-7-4-2-3-5-8(7)6-9;3*1-4-2-5-3-6-4;;1-2;/h2*1-4,6H,5H2;1-6,9H;4*2-6,9H,1H3;3*2-3H,1H3,(H,5,6);1H4;1H;1H2/p+1/i/hD. The Balaban J connectivity index is 0.000000476. The average molecular weight is 1190 g/mol. The fourth-order valence-corrected chi connectivity index (χ4v) is 7.09. The molecular formula is C69H83N13PS2+. The first kappa shape index (κ1) is 71.7. The van der Waals surface area contributed by atoms with Gasteiger partial charge in [0.05, 0.1) is 36.5 Å². The van der Waals surface area contributed by atoms with Gasteiger partial charge < -0.3 is 35.8 Å². The molecule has 0 unspecified atom stereocenters. The van der Waals surface area contributed by atoms with Crippen LogP contribution in [0.4, 0.5) is 22.7 Å². The summed E-state index contributed by atoms with van der Waals surface area (Å²) in [5.74, 6) is 0. The smallest absolute Gasteiger partial charge is 0.239 e. The lowest BCUT2D eigenvalue weighted by Gasteiger charge is -1.97. The molecule has 16 heteroatoms. The molecule has 440 valence electrons. The first-order chi connectivity index (χ1) is 41.4. The van der Waals surface area contributed by atoms with Crippen molar-refractivity contribution in [3.63, 3.8) is 0 Å². The van der Waals surface area contributed by atoms with Gasteiger partial charge in [-0.2, -0.15) is 13.4 Å². The van der Waals surface area contributed by atoms with E-state index in [0.29, 0.717) is 0 Å². The Hall–Kier alpha value is -9.40. The minimum Gasteiger partial charge on any atom is -0.380 e. The van der Waals surface area contributed by atoms with Crippen LogP contribution in [0.1, 0.15) is 69.0 Å². The van der Waals surface area contributed by atoms with E-state index >= 15 is 0 Å². The summed E-state index contributed by atoms with van der Waals surface area (Å²) in [5.41, 5.74) is 18.2. The van der Waals surface area contributed by atoms with Crippen molar-refractivity contribution in [1.82, 2.24) is 29.9 Å². The number of benzene rings is 7. The lowest BCUT2D eigenvalue weighted by atomic mass is 10.1. The first-order valence-corrected chi connectivity index (χ1v) is 28.1. The Labute approximate surface area is 519 Å². The monoisotopic (exact) mass is 1190 g/mol. The van der Waals surface area contributed by atoms with Gasteiger partial charge in [-0.3, -0.25) is 15.0 Å². The fraction of sp³-hybridized carbons (Fsp3) is 0.145.